The molecule has 0 aliphatic rings. The molecule has 84 valence electrons. The highest BCUT2D eigenvalue weighted by molar-refractivity contribution is 7.91. The number of aryl methyl sites for hydroxylation is 1. The van der Waals surface area contributed by atoms with Gasteiger partial charge in [-0.05, 0) is 31.0 Å². The highest BCUT2D eigenvalue weighted by atomic mass is 32.2. The summed E-state index contributed by atoms with van der Waals surface area (Å²) in [7, 11) is -3.12. The fourth-order valence-electron chi connectivity index (χ4n) is 1.34. The zero-order valence-electron chi connectivity index (χ0n) is 9.14. The largest absolute Gasteiger partial charge is 0.323 e. The first-order chi connectivity index (χ1) is 6.84. The van der Waals surface area contributed by atoms with E-state index in [2.05, 4.69) is 4.98 Å². The number of nitrogens with zero attached hydrogens (tertiary/aromatic N) is 1. The lowest BCUT2D eigenvalue weighted by Crippen LogP contribution is -2.31. The average Bonchev–Trinajstić information content (AvgIpc) is 2.15. The Kier molecular flexibility index (Phi) is 3.46. The van der Waals surface area contributed by atoms with Gasteiger partial charge < -0.3 is 5.73 Å². The van der Waals surface area contributed by atoms with Crippen molar-refractivity contribution >= 4 is 9.84 Å². The molecule has 0 amide bonds. The molecular weight excluding hydrogens is 212 g/mol. The van der Waals surface area contributed by atoms with Gasteiger partial charge in [0.25, 0.3) is 0 Å². The van der Waals surface area contributed by atoms with Crippen LogP contribution in [0.15, 0.2) is 18.5 Å². The van der Waals surface area contributed by atoms with Crippen LogP contribution in [0.3, 0.4) is 0 Å². The van der Waals surface area contributed by atoms with E-state index in [4.69, 9.17) is 5.73 Å². The molecule has 5 heteroatoms. The fourth-order valence-corrected chi connectivity index (χ4v) is 2.02. The fraction of sp³-hybridized carbons (Fsp3) is 0.500. The summed E-state index contributed by atoms with van der Waals surface area (Å²) < 4.78 is 22.7. The second-order valence-corrected chi connectivity index (χ2v) is 6.20. The molecule has 1 aromatic rings. The maximum atomic E-state index is 11.4. The van der Waals surface area contributed by atoms with Gasteiger partial charge >= 0.3 is 0 Å². The molecule has 0 aliphatic carbocycles. The number of hydrogen-bond donors (Lipinski definition) is 1. The summed E-state index contributed by atoms with van der Waals surface area (Å²) in [5.41, 5.74) is 7.66. The monoisotopic (exact) mass is 228 g/mol. The molecule has 2 unspecified atom stereocenters. The average molecular weight is 228 g/mol. The molecule has 0 bridgehead atoms. The molecule has 0 radical (unpaired) electrons. The molecule has 0 aromatic carbocycles. The predicted octanol–water partition coefficient (Wildman–Crippen LogP) is 0.823. The van der Waals surface area contributed by atoms with Crippen LogP contribution in [-0.4, -0.2) is 24.9 Å². The molecule has 15 heavy (non-hydrogen) atoms. The van der Waals surface area contributed by atoms with Gasteiger partial charge in [0, 0.05) is 24.7 Å². The maximum Gasteiger partial charge on any atom is 0.151 e. The van der Waals surface area contributed by atoms with Gasteiger partial charge in [0.1, 0.15) is 0 Å². The van der Waals surface area contributed by atoms with Gasteiger partial charge in [-0.15, -0.1) is 0 Å². The molecule has 2 N–H and O–H groups in total. The van der Waals surface area contributed by atoms with Gasteiger partial charge in [-0.2, -0.15) is 0 Å². The Bertz CT molecular complexity index is 442. The summed E-state index contributed by atoms with van der Waals surface area (Å²) in [6, 6.07) is 1.30. The van der Waals surface area contributed by atoms with E-state index in [0.717, 1.165) is 11.1 Å². The van der Waals surface area contributed by atoms with Crippen molar-refractivity contribution in [3.05, 3.63) is 29.6 Å². The third-order valence-electron chi connectivity index (χ3n) is 2.62. The molecule has 1 heterocycles. The van der Waals surface area contributed by atoms with Crippen LogP contribution in [0, 0.1) is 6.92 Å². The Labute approximate surface area is 90.4 Å². The van der Waals surface area contributed by atoms with Gasteiger partial charge in [-0.1, -0.05) is 0 Å². The molecule has 0 spiro atoms. The number of sulfone groups is 1. The van der Waals surface area contributed by atoms with Crippen LogP contribution in [0.1, 0.15) is 24.1 Å². The van der Waals surface area contributed by atoms with Crippen molar-refractivity contribution in [1.29, 1.82) is 0 Å². The van der Waals surface area contributed by atoms with Crippen molar-refractivity contribution < 1.29 is 8.42 Å². The van der Waals surface area contributed by atoms with E-state index in [1.807, 2.05) is 13.0 Å². The summed E-state index contributed by atoms with van der Waals surface area (Å²) in [5, 5.41) is -0.597. The number of aromatic nitrogens is 1. The zero-order chi connectivity index (χ0) is 11.6. The van der Waals surface area contributed by atoms with Gasteiger partial charge in [0.2, 0.25) is 0 Å². The molecule has 0 saturated carbocycles. The first kappa shape index (κ1) is 12.1. The maximum absolute atomic E-state index is 11.4. The minimum atomic E-state index is -3.12. The standard InChI is InChI=1S/C10H16N2O2S/c1-7-4-5-12-6-9(7)10(11)8(2)15(3,13)14/h4-6,8,10H,11H2,1-3H3. The normalized spacial score (nSPS) is 16.0. The number of pyridine rings is 1. The minimum absolute atomic E-state index is 0.520. The summed E-state index contributed by atoms with van der Waals surface area (Å²) in [4.78, 5) is 3.96. The van der Waals surface area contributed by atoms with Crippen LogP contribution < -0.4 is 5.73 Å². The summed E-state index contributed by atoms with van der Waals surface area (Å²) >= 11 is 0. The van der Waals surface area contributed by atoms with E-state index in [9.17, 15) is 8.42 Å². The van der Waals surface area contributed by atoms with Crippen LogP contribution in [0.4, 0.5) is 0 Å². The van der Waals surface area contributed by atoms with Gasteiger partial charge in [-0.25, -0.2) is 8.42 Å². The van der Waals surface area contributed by atoms with Crippen LogP contribution >= 0.6 is 0 Å². The van der Waals surface area contributed by atoms with Crippen LogP contribution in [-0.2, 0) is 9.84 Å². The lowest BCUT2D eigenvalue weighted by molar-refractivity contribution is 0.570. The van der Waals surface area contributed by atoms with Crippen molar-refractivity contribution in [2.24, 2.45) is 5.73 Å². The molecule has 0 fully saturated rings. The van der Waals surface area contributed by atoms with E-state index in [-0.39, 0.29) is 0 Å². The quantitative estimate of drug-likeness (QED) is 0.831. The molecule has 2 atom stereocenters. The van der Waals surface area contributed by atoms with Crippen molar-refractivity contribution in [2.45, 2.75) is 25.1 Å². The van der Waals surface area contributed by atoms with Gasteiger partial charge in [-0.3, -0.25) is 4.98 Å². The lowest BCUT2D eigenvalue weighted by Gasteiger charge is -2.19. The van der Waals surface area contributed by atoms with E-state index >= 15 is 0 Å². The van der Waals surface area contributed by atoms with E-state index in [1.165, 1.54) is 6.26 Å². The second-order valence-electron chi connectivity index (χ2n) is 3.79. The smallest absolute Gasteiger partial charge is 0.151 e. The van der Waals surface area contributed by atoms with Crippen LogP contribution in [0.5, 0.6) is 0 Å². The molecule has 4 nitrogen and oxygen atoms in total. The molecule has 0 saturated heterocycles. The van der Waals surface area contributed by atoms with E-state index < -0.39 is 21.1 Å². The third-order valence-corrected chi connectivity index (χ3v) is 4.26. The van der Waals surface area contributed by atoms with Crippen LogP contribution in [0.2, 0.25) is 0 Å². The molecule has 1 aromatic heterocycles. The third kappa shape index (κ3) is 2.76. The van der Waals surface area contributed by atoms with E-state index in [1.54, 1.807) is 19.3 Å². The highest BCUT2D eigenvalue weighted by Crippen LogP contribution is 2.21. The molecule has 1 rings (SSSR count). The first-order valence-electron chi connectivity index (χ1n) is 4.69. The Balaban J connectivity index is 3.06. The minimum Gasteiger partial charge on any atom is -0.323 e. The Morgan fingerprint density at radius 1 is 1.47 bits per heavy atom. The molecule has 0 aliphatic heterocycles. The highest BCUT2D eigenvalue weighted by Gasteiger charge is 2.25. The lowest BCUT2D eigenvalue weighted by atomic mass is 10.0. The van der Waals surface area contributed by atoms with Gasteiger partial charge in [0.05, 0.1) is 5.25 Å². The predicted molar refractivity (Wildman–Crippen MR) is 60.2 cm³/mol. The summed E-state index contributed by atoms with van der Waals surface area (Å²) in [6.07, 6.45) is 4.49. The Morgan fingerprint density at radius 2 is 2.07 bits per heavy atom. The van der Waals surface area contributed by atoms with E-state index in [0.29, 0.717) is 0 Å². The number of rotatable bonds is 3. The first-order valence-corrected chi connectivity index (χ1v) is 6.64. The molecular formula is C10H16N2O2S. The summed E-state index contributed by atoms with van der Waals surface area (Å²) in [5.74, 6) is 0. The van der Waals surface area contributed by atoms with Crippen LogP contribution in [0.25, 0.3) is 0 Å². The van der Waals surface area contributed by atoms with Crippen molar-refractivity contribution in [3.8, 4) is 0 Å². The Hall–Kier alpha value is -0.940. The number of hydrogen-bond acceptors (Lipinski definition) is 4. The zero-order valence-corrected chi connectivity index (χ0v) is 9.95. The van der Waals surface area contributed by atoms with Crippen molar-refractivity contribution in [3.63, 3.8) is 0 Å². The summed E-state index contributed by atoms with van der Waals surface area (Å²) in [6.45, 7) is 3.51. The number of nitrogens with two attached hydrogens (primary N) is 1. The van der Waals surface area contributed by atoms with Crippen molar-refractivity contribution in [1.82, 2.24) is 4.98 Å². The SMILES string of the molecule is Cc1ccncc1C(N)C(C)S(C)(=O)=O. The topological polar surface area (TPSA) is 73.0 Å². The van der Waals surface area contributed by atoms with Crippen molar-refractivity contribution in [2.75, 3.05) is 6.26 Å². The second kappa shape index (κ2) is 4.28. The Morgan fingerprint density at radius 3 is 2.53 bits per heavy atom. The van der Waals surface area contributed by atoms with Gasteiger partial charge in [0.15, 0.2) is 9.84 Å².